The van der Waals surface area contributed by atoms with Crippen molar-refractivity contribution in [2.24, 2.45) is 0 Å². The van der Waals surface area contributed by atoms with Gasteiger partial charge in [0, 0.05) is 0 Å². The maximum absolute atomic E-state index is 10.2. The third-order valence-corrected chi connectivity index (χ3v) is 1.49. The Kier molecular flexibility index (Phi) is 2.67. The summed E-state index contributed by atoms with van der Waals surface area (Å²) < 4.78 is 0. The standard InChI is InChI=1S/C7H4ClN3O2/c8-5-1-4(11-7(12)13)3-10-6(5)2-9/h1,3,11H,(H,12,13). The minimum atomic E-state index is -1.21. The molecule has 0 spiro atoms. The van der Waals surface area contributed by atoms with Crippen LogP contribution in [0.1, 0.15) is 5.69 Å². The predicted molar refractivity (Wildman–Crippen MR) is 45.6 cm³/mol. The minimum Gasteiger partial charge on any atom is -0.465 e. The van der Waals surface area contributed by atoms with Crippen LogP contribution in [0.2, 0.25) is 5.02 Å². The van der Waals surface area contributed by atoms with E-state index >= 15 is 0 Å². The van der Waals surface area contributed by atoms with E-state index in [2.05, 4.69) is 10.3 Å². The molecule has 1 aromatic heterocycles. The number of carbonyl (C=O) groups is 1. The molecule has 1 heterocycles. The molecule has 0 fully saturated rings. The van der Waals surface area contributed by atoms with Crippen LogP contribution in [0.4, 0.5) is 10.5 Å². The number of nitriles is 1. The molecule has 0 saturated heterocycles. The second-order valence-corrected chi connectivity index (χ2v) is 2.50. The molecule has 0 bridgehead atoms. The van der Waals surface area contributed by atoms with Crippen molar-refractivity contribution in [1.82, 2.24) is 4.98 Å². The molecule has 0 atom stereocenters. The normalized spacial score (nSPS) is 8.92. The summed E-state index contributed by atoms with van der Waals surface area (Å²) in [6.07, 6.45) is 0.0148. The fourth-order valence-corrected chi connectivity index (χ4v) is 0.921. The van der Waals surface area contributed by atoms with Gasteiger partial charge in [0.05, 0.1) is 16.9 Å². The van der Waals surface area contributed by atoms with Crippen LogP contribution >= 0.6 is 11.6 Å². The molecule has 2 N–H and O–H groups in total. The van der Waals surface area contributed by atoms with Crippen molar-refractivity contribution >= 4 is 23.4 Å². The number of pyridine rings is 1. The quantitative estimate of drug-likeness (QED) is 0.717. The van der Waals surface area contributed by atoms with Crippen LogP contribution in [0.5, 0.6) is 0 Å². The van der Waals surface area contributed by atoms with Crippen LogP contribution < -0.4 is 5.32 Å². The number of halogens is 1. The predicted octanol–water partition coefficient (Wildman–Crippen LogP) is 1.70. The van der Waals surface area contributed by atoms with Gasteiger partial charge in [-0.2, -0.15) is 5.26 Å². The van der Waals surface area contributed by atoms with E-state index in [-0.39, 0.29) is 16.4 Å². The molecule has 0 aromatic carbocycles. The molecule has 0 radical (unpaired) electrons. The van der Waals surface area contributed by atoms with Gasteiger partial charge in [-0.05, 0) is 6.07 Å². The fourth-order valence-electron chi connectivity index (χ4n) is 0.712. The van der Waals surface area contributed by atoms with Gasteiger partial charge in [-0.3, -0.25) is 5.32 Å². The van der Waals surface area contributed by atoms with Gasteiger partial charge in [0.25, 0.3) is 0 Å². The highest BCUT2D eigenvalue weighted by atomic mass is 35.5. The van der Waals surface area contributed by atoms with E-state index < -0.39 is 6.09 Å². The summed E-state index contributed by atoms with van der Waals surface area (Å²) in [7, 11) is 0. The molecular weight excluding hydrogens is 194 g/mol. The van der Waals surface area contributed by atoms with Gasteiger partial charge in [-0.1, -0.05) is 11.6 Å². The molecule has 0 unspecified atom stereocenters. The molecule has 1 amide bonds. The smallest absolute Gasteiger partial charge is 0.409 e. The highest BCUT2D eigenvalue weighted by molar-refractivity contribution is 6.31. The van der Waals surface area contributed by atoms with Crippen LogP contribution in [0.15, 0.2) is 12.3 Å². The first-order chi connectivity index (χ1) is 6.13. The molecule has 66 valence electrons. The lowest BCUT2D eigenvalue weighted by Gasteiger charge is -2.00. The largest absolute Gasteiger partial charge is 0.465 e. The van der Waals surface area contributed by atoms with Gasteiger partial charge in [-0.15, -0.1) is 0 Å². The second-order valence-electron chi connectivity index (χ2n) is 2.10. The monoisotopic (exact) mass is 197 g/mol. The van der Waals surface area contributed by atoms with E-state index in [1.165, 1.54) is 12.3 Å². The molecule has 0 saturated carbocycles. The van der Waals surface area contributed by atoms with E-state index in [0.717, 1.165) is 0 Å². The van der Waals surface area contributed by atoms with Gasteiger partial charge in [0.2, 0.25) is 0 Å². The highest BCUT2D eigenvalue weighted by Gasteiger charge is 2.03. The minimum absolute atomic E-state index is 0.0672. The van der Waals surface area contributed by atoms with Crippen LogP contribution in [-0.2, 0) is 0 Å². The molecule has 1 rings (SSSR count). The number of hydrogen-bond donors (Lipinski definition) is 2. The number of hydrogen-bond acceptors (Lipinski definition) is 3. The van der Waals surface area contributed by atoms with Gasteiger partial charge < -0.3 is 5.11 Å². The molecular formula is C7H4ClN3O2. The molecule has 5 nitrogen and oxygen atoms in total. The summed E-state index contributed by atoms with van der Waals surface area (Å²) >= 11 is 5.60. The van der Waals surface area contributed by atoms with Crippen LogP contribution in [0, 0.1) is 11.3 Å². The first-order valence-electron chi connectivity index (χ1n) is 3.19. The van der Waals surface area contributed by atoms with Crippen LogP contribution in [0.25, 0.3) is 0 Å². The summed E-state index contributed by atoms with van der Waals surface area (Å²) in [6, 6.07) is 3.08. The topological polar surface area (TPSA) is 86.0 Å². The zero-order valence-electron chi connectivity index (χ0n) is 6.28. The van der Waals surface area contributed by atoms with E-state index in [1.807, 2.05) is 0 Å². The van der Waals surface area contributed by atoms with Crippen molar-refractivity contribution in [3.63, 3.8) is 0 Å². The van der Waals surface area contributed by atoms with Crippen molar-refractivity contribution in [3.05, 3.63) is 23.0 Å². The average molecular weight is 198 g/mol. The zero-order valence-corrected chi connectivity index (χ0v) is 7.04. The number of carboxylic acid groups (broad SMARTS) is 1. The Morgan fingerprint density at radius 1 is 1.77 bits per heavy atom. The summed E-state index contributed by atoms with van der Waals surface area (Å²) in [5.41, 5.74) is 0.300. The summed E-state index contributed by atoms with van der Waals surface area (Å²) in [5.74, 6) is 0. The fraction of sp³-hybridized carbons (Fsp3) is 0. The van der Waals surface area contributed by atoms with Crippen molar-refractivity contribution in [2.75, 3.05) is 5.32 Å². The number of anilines is 1. The number of nitrogens with zero attached hydrogens (tertiary/aromatic N) is 2. The summed E-state index contributed by atoms with van der Waals surface area (Å²) in [4.78, 5) is 13.8. The van der Waals surface area contributed by atoms with Crippen molar-refractivity contribution < 1.29 is 9.90 Å². The van der Waals surface area contributed by atoms with Crippen molar-refractivity contribution in [2.45, 2.75) is 0 Å². The Balaban J connectivity index is 2.97. The van der Waals surface area contributed by atoms with Crippen molar-refractivity contribution in [3.8, 4) is 6.07 Å². The van der Waals surface area contributed by atoms with Gasteiger partial charge in [0.15, 0.2) is 5.69 Å². The molecule has 13 heavy (non-hydrogen) atoms. The Bertz CT molecular complexity index is 386. The number of nitrogens with one attached hydrogen (secondary N) is 1. The summed E-state index contributed by atoms with van der Waals surface area (Å²) in [5, 5.41) is 19.0. The number of rotatable bonds is 1. The van der Waals surface area contributed by atoms with Crippen LogP contribution in [-0.4, -0.2) is 16.2 Å². The van der Waals surface area contributed by atoms with Crippen LogP contribution in [0.3, 0.4) is 0 Å². The average Bonchev–Trinajstić information content (AvgIpc) is 2.03. The van der Waals surface area contributed by atoms with E-state index in [4.69, 9.17) is 22.0 Å². The van der Waals surface area contributed by atoms with Gasteiger partial charge in [-0.25, -0.2) is 9.78 Å². The van der Waals surface area contributed by atoms with Gasteiger partial charge in [0.1, 0.15) is 6.07 Å². The van der Waals surface area contributed by atoms with E-state index in [1.54, 1.807) is 6.07 Å². The maximum Gasteiger partial charge on any atom is 0.409 e. The lowest BCUT2D eigenvalue weighted by molar-refractivity contribution is 0.209. The number of amides is 1. The lowest BCUT2D eigenvalue weighted by atomic mass is 10.3. The second kappa shape index (κ2) is 3.74. The highest BCUT2D eigenvalue weighted by Crippen LogP contribution is 2.17. The van der Waals surface area contributed by atoms with E-state index in [0.29, 0.717) is 0 Å². The van der Waals surface area contributed by atoms with Crippen molar-refractivity contribution in [1.29, 1.82) is 5.26 Å². The Morgan fingerprint density at radius 2 is 2.46 bits per heavy atom. The Labute approximate surface area is 78.6 Å². The summed E-state index contributed by atoms with van der Waals surface area (Å²) in [6.45, 7) is 0. The molecule has 0 aliphatic rings. The van der Waals surface area contributed by atoms with E-state index in [9.17, 15) is 4.79 Å². The maximum atomic E-state index is 10.2. The molecule has 6 heteroatoms. The molecule has 0 aliphatic heterocycles. The third kappa shape index (κ3) is 2.32. The first kappa shape index (κ1) is 9.29. The first-order valence-corrected chi connectivity index (χ1v) is 3.57. The molecule has 0 aliphatic carbocycles. The van der Waals surface area contributed by atoms with Gasteiger partial charge >= 0.3 is 6.09 Å². The SMILES string of the molecule is N#Cc1ncc(NC(=O)O)cc1Cl. The third-order valence-electron chi connectivity index (χ3n) is 1.20. The molecule has 1 aromatic rings. The Hall–Kier alpha value is -1.80. The lowest BCUT2D eigenvalue weighted by Crippen LogP contribution is -2.07. The number of aromatic nitrogens is 1. The Morgan fingerprint density at radius 3 is 2.92 bits per heavy atom. The zero-order chi connectivity index (χ0) is 9.84.